The number of nitrogens with one attached hydrogen (secondary N) is 3. The third-order valence-electron chi connectivity index (χ3n) is 7.32. The Kier molecular flexibility index (Phi) is 12.8. The van der Waals surface area contributed by atoms with Gasteiger partial charge in [0, 0.05) is 0 Å². The maximum Gasteiger partial charge on any atom is 0.408 e. The number of nitriles is 1. The number of hydrogen-bond donors (Lipinski definition) is 5. The molecular weight excluding hydrogens is 636 g/mol. The second-order valence-electron chi connectivity index (χ2n) is 13.1. The van der Waals surface area contributed by atoms with Crippen molar-refractivity contribution in [3.8, 4) is 6.07 Å². The summed E-state index contributed by atoms with van der Waals surface area (Å²) in [7, 11) is 0. The molecule has 1 aliphatic heterocycles. The van der Waals surface area contributed by atoms with Gasteiger partial charge in [0.2, 0.25) is 5.60 Å². The number of H-pyrrole nitrogens is 1. The number of aromatic amines is 1. The smallest absolute Gasteiger partial charge is 0.408 e. The molecule has 1 aliphatic rings. The van der Waals surface area contributed by atoms with Gasteiger partial charge in [-0.2, -0.15) is 5.26 Å². The minimum Gasteiger partial charge on any atom is -0.463 e. The lowest BCUT2D eigenvalue weighted by atomic mass is 9.92. The summed E-state index contributed by atoms with van der Waals surface area (Å²) in [5.41, 5.74) is 3.46. The average molecular weight is 682 g/mol. The Balaban J connectivity index is 1.96. The molecule has 3 rings (SSSR count). The zero-order chi connectivity index (χ0) is 36.5. The van der Waals surface area contributed by atoms with Crippen LogP contribution in [0, 0.1) is 23.2 Å². The predicted octanol–water partition coefficient (Wildman–Crippen LogP) is 0.737. The standard InChI is InChI=1S/C34H44N6O9/c1-19(2)26(39-32(45)49-33(5,6)7)31(44)47-27-23(16-46-25(41)15-21-11-9-8-10-12-21)48-34(17-35,28(27)42)24-14-13-22(38-24)29(37-18-36)40-30(43)20(3)4/h8-14,18-20,23,26-28,38,42H,15-16H2,1-7H3,(H,39,45)(H2,36,37,40,43)/p+1/t23-,26+,27-,28-,34+/m1/s1. The first-order chi connectivity index (χ1) is 23.0. The van der Waals surface area contributed by atoms with Crippen LogP contribution in [0.25, 0.3) is 0 Å². The fourth-order valence-corrected chi connectivity index (χ4v) is 4.82. The molecule has 0 saturated carbocycles. The molecule has 15 heteroatoms. The summed E-state index contributed by atoms with van der Waals surface area (Å²) in [6.07, 6.45) is -4.56. The van der Waals surface area contributed by atoms with E-state index in [-0.39, 0.29) is 23.6 Å². The molecule has 2 aromatic rings. The number of nitrogens with zero attached hydrogens (tertiary/aromatic N) is 2. The maximum atomic E-state index is 13.5. The third-order valence-corrected chi connectivity index (χ3v) is 7.32. The zero-order valence-corrected chi connectivity index (χ0v) is 28.7. The van der Waals surface area contributed by atoms with Crippen LogP contribution in [0.2, 0.25) is 0 Å². The van der Waals surface area contributed by atoms with Crippen molar-refractivity contribution >= 4 is 36.1 Å². The Morgan fingerprint density at radius 3 is 2.41 bits per heavy atom. The molecule has 1 aromatic carbocycles. The number of ether oxygens (including phenoxy) is 4. The van der Waals surface area contributed by atoms with Gasteiger partial charge in [0.1, 0.15) is 42.2 Å². The third kappa shape index (κ3) is 9.97. The number of nitrogens with two attached hydrogens (primary N) is 1. The van der Waals surface area contributed by atoms with Crippen LogP contribution in [-0.4, -0.2) is 82.8 Å². The summed E-state index contributed by atoms with van der Waals surface area (Å²) < 4.78 is 22.6. The second kappa shape index (κ2) is 16.4. The average Bonchev–Trinajstić information content (AvgIpc) is 3.62. The molecule has 49 heavy (non-hydrogen) atoms. The van der Waals surface area contributed by atoms with Gasteiger partial charge < -0.3 is 40.1 Å². The Labute approximate surface area is 284 Å². The normalized spacial score (nSPS) is 21.7. The molecule has 6 N–H and O–H groups in total. The van der Waals surface area contributed by atoms with Gasteiger partial charge in [-0.25, -0.2) is 14.6 Å². The van der Waals surface area contributed by atoms with Crippen LogP contribution >= 0.6 is 0 Å². The first kappa shape index (κ1) is 38.4. The van der Waals surface area contributed by atoms with Crippen molar-refractivity contribution < 1.29 is 48.2 Å². The lowest BCUT2D eigenvalue weighted by Crippen LogP contribution is -2.76. The van der Waals surface area contributed by atoms with Crippen molar-refractivity contribution in [3.63, 3.8) is 0 Å². The van der Waals surface area contributed by atoms with Crippen molar-refractivity contribution in [2.75, 3.05) is 6.61 Å². The Bertz CT molecular complexity index is 1590. The summed E-state index contributed by atoms with van der Waals surface area (Å²) in [5.74, 6) is -2.88. The Hall–Kier alpha value is -5.07. The Morgan fingerprint density at radius 2 is 1.84 bits per heavy atom. The number of aliphatic hydroxyl groups is 1. The molecule has 0 spiro atoms. The molecule has 0 aliphatic carbocycles. The van der Waals surface area contributed by atoms with Gasteiger partial charge in [-0.3, -0.25) is 9.59 Å². The van der Waals surface area contributed by atoms with E-state index in [0.717, 1.165) is 6.34 Å². The molecule has 264 valence electrons. The van der Waals surface area contributed by atoms with Crippen LogP contribution in [0.15, 0.2) is 47.5 Å². The fraction of sp³-hybridized carbons (Fsp3) is 0.500. The lowest BCUT2D eigenvalue weighted by molar-refractivity contribution is -0.309. The fourth-order valence-electron chi connectivity index (χ4n) is 4.82. The van der Waals surface area contributed by atoms with E-state index in [1.165, 1.54) is 12.1 Å². The van der Waals surface area contributed by atoms with E-state index in [1.54, 1.807) is 78.8 Å². The number of benzene rings is 1. The molecule has 0 unspecified atom stereocenters. The lowest BCUT2D eigenvalue weighted by Gasteiger charge is -2.28. The quantitative estimate of drug-likeness (QED) is 0.0961. The molecule has 0 radical (unpaired) electrons. The monoisotopic (exact) mass is 681 g/mol. The number of hydrogen-bond acceptors (Lipinski definition) is 10. The van der Waals surface area contributed by atoms with E-state index in [4.69, 9.17) is 24.7 Å². The van der Waals surface area contributed by atoms with Crippen LogP contribution in [0.5, 0.6) is 0 Å². The van der Waals surface area contributed by atoms with Crippen LogP contribution in [0.1, 0.15) is 65.4 Å². The molecule has 1 aromatic heterocycles. The summed E-state index contributed by atoms with van der Waals surface area (Å²) >= 11 is 0. The highest BCUT2D eigenvalue weighted by Crippen LogP contribution is 2.41. The first-order valence-electron chi connectivity index (χ1n) is 15.8. The van der Waals surface area contributed by atoms with Gasteiger partial charge >= 0.3 is 23.9 Å². The Morgan fingerprint density at radius 1 is 1.16 bits per heavy atom. The van der Waals surface area contributed by atoms with Gasteiger partial charge in [-0.05, 0) is 44.4 Å². The zero-order valence-electron chi connectivity index (χ0n) is 28.7. The van der Waals surface area contributed by atoms with E-state index >= 15 is 0 Å². The van der Waals surface area contributed by atoms with Crippen molar-refractivity contribution in [1.82, 2.24) is 10.3 Å². The minimum absolute atomic E-state index is 0.0208. The largest absolute Gasteiger partial charge is 0.463 e. The van der Waals surface area contributed by atoms with Gasteiger partial charge in [-0.15, -0.1) is 0 Å². The molecule has 5 atom stereocenters. The highest BCUT2D eigenvalue weighted by atomic mass is 16.6. The number of carbonyl (C=O) groups is 4. The van der Waals surface area contributed by atoms with Crippen molar-refractivity contribution in [3.05, 3.63) is 59.4 Å². The summed E-state index contributed by atoms with van der Waals surface area (Å²) in [6.45, 7) is 11.2. The highest BCUT2D eigenvalue weighted by molar-refractivity contribution is 5.99. The van der Waals surface area contributed by atoms with E-state index < -0.39 is 77.9 Å². The molecule has 2 heterocycles. The van der Waals surface area contributed by atoms with Gasteiger partial charge in [0.15, 0.2) is 12.4 Å². The van der Waals surface area contributed by atoms with E-state index in [9.17, 15) is 29.5 Å². The van der Waals surface area contributed by atoms with Gasteiger partial charge in [0.05, 0.1) is 18.0 Å². The van der Waals surface area contributed by atoms with Crippen LogP contribution in [0.4, 0.5) is 4.79 Å². The molecule has 1 fully saturated rings. The number of rotatable bonds is 11. The SMILES string of the molecule is CC(C)C(=O)N=C([NH+]=CN)c1ccc([C@]2(C#N)O[C@H](COC(=O)Cc3ccccc3)[C@@H](OC(=O)[C@@H](NC(=O)OC(C)(C)C)C(C)C)[C@H]2O)[nH]1. The summed E-state index contributed by atoms with van der Waals surface area (Å²) in [4.78, 5) is 60.9. The number of alkyl carbamates (subject to hydrolysis) is 1. The topological polar surface area (TPSA) is 229 Å². The molecule has 0 bridgehead atoms. The number of esters is 2. The van der Waals surface area contributed by atoms with E-state index in [2.05, 4.69) is 20.3 Å². The maximum absolute atomic E-state index is 13.5. The number of aliphatic hydroxyl groups excluding tert-OH is 1. The highest BCUT2D eigenvalue weighted by Gasteiger charge is 2.59. The molecule has 15 nitrogen and oxygen atoms in total. The van der Waals surface area contributed by atoms with Gasteiger partial charge in [0.25, 0.3) is 5.84 Å². The van der Waals surface area contributed by atoms with Crippen molar-refractivity contribution in [2.45, 2.75) is 90.4 Å². The molecule has 1 saturated heterocycles. The number of aromatic nitrogens is 1. The first-order valence-corrected chi connectivity index (χ1v) is 15.8. The molecular formula is C34H45N6O9+. The van der Waals surface area contributed by atoms with Gasteiger partial charge in [-0.1, -0.05) is 63.0 Å². The van der Waals surface area contributed by atoms with Crippen molar-refractivity contribution in [2.24, 2.45) is 22.6 Å². The number of carbonyl (C=O) groups excluding carboxylic acids is 4. The summed E-state index contributed by atoms with van der Waals surface area (Å²) in [6, 6.07) is 12.5. The molecule has 2 amide bonds. The predicted molar refractivity (Wildman–Crippen MR) is 176 cm³/mol. The number of aliphatic imine (C=N–C) groups is 1. The van der Waals surface area contributed by atoms with Crippen LogP contribution in [0.3, 0.4) is 0 Å². The van der Waals surface area contributed by atoms with Crippen LogP contribution in [-0.2, 0) is 45.4 Å². The van der Waals surface area contributed by atoms with Crippen molar-refractivity contribution in [1.29, 1.82) is 5.26 Å². The summed E-state index contributed by atoms with van der Waals surface area (Å²) in [5, 5.41) is 24.6. The minimum atomic E-state index is -2.18. The second-order valence-corrected chi connectivity index (χ2v) is 13.1. The number of amidine groups is 1. The van der Waals surface area contributed by atoms with Crippen LogP contribution < -0.4 is 16.0 Å². The van der Waals surface area contributed by atoms with E-state index in [1.807, 2.05) is 6.07 Å². The van der Waals surface area contributed by atoms with E-state index in [0.29, 0.717) is 5.56 Å². The number of amides is 2.